The second-order valence-electron chi connectivity index (χ2n) is 6.30. The molecule has 1 unspecified atom stereocenters. The Morgan fingerprint density at radius 1 is 1.38 bits per heavy atom. The molecular formula is C12H24O. The molecule has 0 aromatic rings. The minimum absolute atomic E-state index is 0.130. The Balaban J connectivity index is 2.40. The van der Waals surface area contributed by atoms with E-state index in [4.69, 9.17) is 0 Å². The minimum Gasteiger partial charge on any atom is -0.396 e. The maximum absolute atomic E-state index is 9.18. The van der Waals surface area contributed by atoms with Crippen LogP contribution in [0.15, 0.2) is 0 Å². The summed E-state index contributed by atoms with van der Waals surface area (Å²) in [4.78, 5) is 0. The maximum Gasteiger partial charge on any atom is 0.0482 e. The third-order valence-electron chi connectivity index (χ3n) is 3.34. The van der Waals surface area contributed by atoms with Crippen molar-refractivity contribution in [2.75, 3.05) is 6.61 Å². The summed E-state index contributed by atoms with van der Waals surface area (Å²) in [5.41, 5.74) is 0.682. The number of hydrogen-bond acceptors (Lipinski definition) is 1. The zero-order valence-electron chi connectivity index (χ0n) is 9.56. The molecule has 1 fully saturated rings. The van der Waals surface area contributed by atoms with Crippen molar-refractivity contribution in [3.63, 3.8) is 0 Å². The lowest BCUT2D eigenvalue weighted by Crippen LogP contribution is -2.20. The standard InChI is InChI=1S/C12H24O/c1-11(2)6-5-10(7-11)8-12(3,4)9-13/h10,13H,5-9H2,1-4H3. The average Bonchev–Trinajstić information content (AvgIpc) is 2.29. The SMILES string of the molecule is CC(C)(CO)CC1CCC(C)(C)C1. The van der Waals surface area contributed by atoms with E-state index in [1.54, 1.807) is 0 Å². The van der Waals surface area contributed by atoms with E-state index in [0.29, 0.717) is 12.0 Å². The Kier molecular flexibility index (Phi) is 3.06. The van der Waals surface area contributed by atoms with Crippen LogP contribution in [0.3, 0.4) is 0 Å². The summed E-state index contributed by atoms with van der Waals surface area (Å²) >= 11 is 0. The van der Waals surface area contributed by atoms with Crippen molar-refractivity contribution in [3.8, 4) is 0 Å². The van der Waals surface area contributed by atoms with E-state index in [2.05, 4.69) is 27.7 Å². The van der Waals surface area contributed by atoms with Crippen molar-refractivity contribution in [2.24, 2.45) is 16.7 Å². The summed E-state index contributed by atoms with van der Waals surface area (Å²) < 4.78 is 0. The number of hydrogen-bond donors (Lipinski definition) is 1. The third-order valence-corrected chi connectivity index (χ3v) is 3.34. The van der Waals surface area contributed by atoms with Gasteiger partial charge < -0.3 is 5.11 Å². The summed E-state index contributed by atoms with van der Waals surface area (Å²) in [5.74, 6) is 0.845. The molecule has 78 valence electrons. The Labute approximate surface area is 82.5 Å². The van der Waals surface area contributed by atoms with Gasteiger partial charge in [-0.25, -0.2) is 0 Å². The normalized spacial score (nSPS) is 27.9. The van der Waals surface area contributed by atoms with Crippen molar-refractivity contribution in [3.05, 3.63) is 0 Å². The molecule has 0 spiro atoms. The highest BCUT2D eigenvalue weighted by molar-refractivity contribution is 4.85. The Morgan fingerprint density at radius 2 is 2.00 bits per heavy atom. The molecule has 1 saturated carbocycles. The molecule has 1 N–H and O–H groups in total. The third kappa shape index (κ3) is 3.30. The highest BCUT2D eigenvalue weighted by atomic mass is 16.3. The number of aliphatic hydroxyl groups is 1. The number of aliphatic hydroxyl groups excluding tert-OH is 1. The Morgan fingerprint density at radius 3 is 2.38 bits per heavy atom. The van der Waals surface area contributed by atoms with Crippen molar-refractivity contribution in [2.45, 2.75) is 53.4 Å². The van der Waals surface area contributed by atoms with Crippen LogP contribution in [-0.4, -0.2) is 11.7 Å². The molecule has 0 bridgehead atoms. The van der Waals surface area contributed by atoms with Gasteiger partial charge in [-0.2, -0.15) is 0 Å². The predicted octanol–water partition coefficient (Wildman–Crippen LogP) is 3.22. The van der Waals surface area contributed by atoms with E-state index in [1.807, 2.05) is 0 Å². The molecule has 0 heterocycles. The first-order valence-electron chi connectivity index (χ1n) is 5.46. The summed E-state index contributed by atoms with van der Waals surface area (Å²) in [6.45, 7) is 9.37. The van der Waals surface area contributed by atoms with E-state index in [1.165, 1.54) is 25.7 Å². The fourth-order valence-corrected chi connectivity index (χ4v) is 2.60. The van der Waals surface area contributed by atoms with Crippen molar-refractivity contribution in [1.82, 2.24) is 0 Å². The van der Waals surface area contributed by atoms with Crippen LogP contribution in [0.4, 0.5) is 0 Å². The minimum atomic E-state index is 0.130. The van der Waals surface area contributed by atoms with Crippen LogP contribution in [0.1, 0.15) is 53.4 Å². The van der Waals surface area contributed by atoms with Crippen LogP contribution in [0, 0.1) is 16.7 Å². The van der Waals surface area contributed by atoms with Gasteiger partial charge in [0, 0.05) is 6.61 Å². The van der Waals surface area contributed by atoms with E-state index >= 15 is 0 Å². The van der Waals surface area contributed by atoms with Crippen molar-refractivity contribution >= 4 is 0 Å². The summed E-state index contributed by atoms with van der Waals surface area (Å²) in [6, 6.07) is 0. The van der Waals surface area contributed by atoms with Crippen LogP contribution in [-0.2, 0) is 0 Å². The van der Waals surface area contributed by atoms with E-state index < -0.39 is 0 Å². The fraction of sp³-hybridized carbons (Fsp3) is 1.00. The largest absolute Gasteiger partial charge is 0.396 e. The smallest absolute Gasteiger partial charge is 0.0482 e. The molecule has 0 saturated heterocycles. The second kappa shape index (κ2) is 3.61. The monoisotopic (exact) mass is 184 g/mol. The molecule has 1 nitrogen and oxygen atoms in total. The first kappa shape index (κ1) is 11.0. The highest BCUT2D eigenvalue weighted by Crippen LogP contribution is 2.45. The summed E-state index contributed by atoms with van der Waals surface area (Å²) in [6.07, 6.45) is 5.25. The van der Waals surface area contributed by atoms with Gasteiger partial charge in [0.25, 0.3) is 0 Å². The van der Waals surface area contributed by atoms with E-state index in [-0.39, 0.29) is 5.41 Å². The molecule has 1 aliphatic carbocycles. The summed E-state index contributed by atoms with van der Waals surface area (Å²) in [5, 5.41) is 9.18. The van der Waals surface area contributed by atoms with Crippen molar-refractivity contribution < 1.29 is 5.11 Å². The quantitative estimate of drug-likeness (QED) is 0.714. The lowest BCUT2D eigenvalue weighted by Gasteiger charge is -2.26. The molecule has 0 radical (unpaired) electrons. The fourth-order valence-electron chi connectivity index (χ4n) is 2.60. The molecule has 1 atom stereocenters. The zero-order valence-corrected chi connectivity index (χ0v) is 9.56. The molecule has 1 heteroatoms. The van der Waals surface area contributed by atoms with E-state index in [9.17, 15) is 5.11 Å². The molecule has 13 heavy (non-hydrogen) atoms. The first-order chi connectivity index (χ1) is 5.85. The molecule has 1 aliphatic rings. The Hall–Kier alpha value is -0.0400. The lowest BCUT2D eigenvalue weighted by molar-refractivity contribution is 0.128. The molecule has 0 aliphatic heterocycles. The van der Waals surface area contributed by atoms with Gasteiger partial charge in [0.2, 0.25) is 0 Å². The van der Waals surface area contributed by atoms with Gasteiger partial charge in [-0.1, -0.05) is 27.7 Å². The Bertz CT molecular complexity index is 170. The van der Waals surface area contributed by atoms with Gasteiger partial charge in [-0.05, 0) is 42.4 Å². The van der Waals surface area contributed by atoms with E-state index in [0.717, 1.165) is 5.92 Å². The molecular weight excluding hydrogens is 160 g/mol. The number of rotatable bonds is 3. The van der Waals surface area contributed by atoms with Gasteiger partial charge in [0.05, 0.1) is 0 Å². The average molecular weight is 184 g/mol. The topological polar surface area (TPSA) is 20.2 Å². The van der Waals surface area contributed by atoms with Crippen LogP contribution in [0.5, 0.6) is 0 Å². The van der Waals surface area contributed by atoms with Gasteiger partial charge in [0.1, 0.15) is 0 Å². The highest BCUT2D eigenvalue weighted by Gasteiger charge is 2.33. The zero-order chi connectivity index (χ0) is 10.1. The van der Waals surface area contributed by atoms with Crippen molar-refractivity contribution in [1.29, 1.82) is 0 Å². The first-order valence-corrected chi connectivity index (χ1v) is 5.46. The van der Waals surface area contributed by atoms with Crippen LogP contribution in [0.2, 0.25) is 0 Å². The molecule has 0 aromatic carbocycles. The molecule has 0 aromatic heterocycles. The lowest BCUT2D eigenvalue weighted by atomic mass is 9.81. The van der Waals surface area contributed by atoms with Crippen LogP contribution >= 0.6 is 0 Å². The van der Waals surface area contributed by atoms with Gasteiger partial charge in [-0.15, -0.1) is 0 Å². The summed E-state index contributed by atoms with van der Waals surface area (Å²) in [7, 11) is 0. The van der Waals surface area contributed by atoms with Crippen LogP contribution < -0.4 is 0 Å². The van der Waals surface area contributed by atoms with Gasteiger partial charge >= 0.3 is 0 Å². The predicted molar refractivity (Wildman–Crippen MR) is 56.6 cm³/mol. The second-order valence-corrected chi connectivity index (χ2v) is 6.30. The van der Waals surface area contributed by atoms with Gasteiger partial charge in [-0.3, -0.25) is 0 Å². The molecule has 0 amide bonds. The maximum atomic E-state index is 9.18. The molecule has 1 rings (SSSR count). The van der Waals surface area contributed by atoms with Gasteiger partial charge in [0.15, 0.2) is 0 Å². The van der Waals surface area contributed by atoms with Crippen LogP contribution in [0.25, 0.3) is 0 Å².